The van der Waals surface area contributed by atoms with Crippen molar-refractivity contribution in [2.24, 2.45) is 0 Å². The van der Waals surface area contributed by atoms with Crippen LogP contribution in [0.4, 0.5) is 0 Å². The first kappa shape index (κ1) is 12.7. The minimum Gasteiger partial charge on any atom is -0.508 e. The first-order valence-corrected chi connectivity index (χ1v) is 6.78. The number of carboxylic acid groups (broad SMARTS) is 1. The molecule has 2 aromatic carbocycles. The highest BCUT2D eigenvalue weighted by Gasteiger charge is 2.30. The third-order valence-electron chi connectivity index (χ3n) is 3.98. The molecule has 1 aliphatic carbocycles. The highest BCUT2D eigenvalue weighted by atomic mass is 16.4. The van der Waals surface area contributed by atoms with Crippen molar-refractivity contribution in [1.82, 2.24) is 0 Å². The number of hydrogen-bond donors (Lipinski definition) is 2. The van der Waals surface area contributed by atoms with Gasteiger partial charge in [-0.05, 0) is 46.4 Å². The average Bonchev–Trinajstić information content (AvgIpc) is 2.71. The Balaban J connectivity index is 2.19. The van der Waals surface area contributed by atoms with Crippen molar-refractivity contribution in [2.45, 2.75) is 25.7 Å². The summed E-state index contributed by atoms with van der Waals surface area (Å²) >= 11 is 0. The van der Waals surface area contributed by atoms with Crippen LogP contribution in [-0.4, -0.2) is 16.2 Å². The molecule has 1 aliphatic rings. The molecule has 0 radical (unpaired) electrons. The number of hydrogen-bond acceptors (Lipinski definition) is 2. The van der Waals surface area contributed by atoms with Gasteiger partial charge in [0, 0.05) is 5.92 Å². The van der Waals surface area contributed by atoms with Crippen molar-refractivity contribution in [2.75, 3.05) is 0 Å². The molecule has 1 unspecified atom stereocenters. The van der Waals surface area contributed by atoms with Crippen LogP contribution in [0.2, 0.25) is 0 Å². The molecule has 0 aromatic heterocycles. The van der Waals surface area contributed by atoms with E-state index in [9.17, 15) is 9.90 Å². The highest BCUT2D eigenvalue weighted by molar-refractivity contribution is 5.82. The summed E-state index contributed by atoms with van der Waals surface area (Å²) in [4.78, 5) is 11.2. The summed E-state index contributed by atoms with van der Waals surface area (Å²) in [6, 6.07) is 11.5. The van der Waals surface area contributed by atoms with Gasteiger partial charge < -0.3 is 10.2 Å². The van der Waals surface area contributed by atoms with Crippen LogP contribution in [-0.2, 0) is 11.2 Å². The van der Waals surface area contributed by atoms with Gasteiger partial charge in [0.15, 0.2) is 0 Å². The van der Waals surface area contributed by atoms with Gasteiger partial charge in [-0.25, -0.2) is 0 Å². The Morgan fingerprint density at radius 3 is 2.40 bits per heavy atom. The lowest BCUT2D eigenvalue weighted by Gasteiger charge is -2.11. The molecule has 3 nitrogen and oxygen atoms in total. The summed E-state index contributed by atoms with van der Waals surface area (Å²) < 4.78 is 0. The van der Waals surface area contributed by atoms with Crippen molar-refractivity contribution in [3.8, 4) is 16.9 Å². The number of carboxylic acids is 1. The topological polar surface area (TPSA) is 57.5 Å². The molecular weight excluding hydrogens is 252 g/mol. The predicted octanol–water partition coefficient (Wildman–Crippen LogP) is 3.54. The number of phenolic OH excluding ortho intramolecular Hbond substituents is 1. The number of rotatable bonds is 3. The molecule has 0 spiro atoms. The van der Waals surface area contributed by atoms with E-state index in [4.69, 9.17) is 5.11 Å². The van der Waals surface area contributed by atoms with Crippen molar-refractivity contribution < 1.29 is 15.0 Å². The first-order chi connectivity index (χ1) is 9.60. The largest absolute Gasteiger partial charge is 0.508 e. The molecule has 3 heteroatoms. The number of carbonyl (C=O) groups is 1. The van der Waals surface area contributed by atoms with Crippen molar-refractivity contribution in [1.29, 1.82) is 0 Å². The second-order valence-corrected chi connectivity index (χ2v) is 5.20. The summed E-state index contributed by atoms with van der Waals surface area (Å²) in [5.74, 6) is -0.808. The van der Waals surface area contributed by atoms with E-state index < -0.39 is 5.97 Å². The normalized spacial score (nSPS) is 15.8. The fourth-order valence-electron chi connectivity index (χ4n) is 3.01. The molecule has 102 valence electrons. The molecular formula is C17H16O3. The predicted molar refractivity (Wildman–Crippen MR) is 77.0 cm³/mol. The Morgan fingerprint density at radius 1 is 1.10 bits per heavy atom. The summed E-state index contributed by atoms with van der Waals surface area (Å²) in [6.45, 7) is 2.09. The van der Waals surface area contributed by atoms with Gasteiger partial charge in [-0.2, -0.15) is 0 Å². The standard InChI is InChI=1S/C17H16O3/c1-2-10-3-5-12-13-6-4-11(18)8-15(13)16(9-17(19)20)14(12)7-10/h3-8,16,18H,2,9H2,1H3,(H,19,20). The van der Waals surface area contributed by atoms with Crippen LogP contribution in [0, 0.1) is 0 Å². The van der Waals surface area contributed by atoms with Crippen LogP contribution >= 0.6 is 0 Å². The summed E-state index contributed by atoms with van der Waals surface area (Å²) in [5, 5.41) is 18.8. The third-order valence-corrected chi connectivity index (χ3v) is 3.98. The minimum atomic E-state index is -0.820. The van der Waals surface area contributed by atoms with E-state index in [0.29, 0.717) is 0 Å². The van der Waals surface area contributed by atoms with Gasteiger partial charge in [-0.15, -0.1) is 0 Å². The molecule has 0 aliphatic heterocycles. The zero-order valence-corrected chi connectivity index (χ0v) is 11.3. The molecule has 2 N–H and O–H groups in total. The van der Waals surface area contributed by atoms with E-state index in [0.717, 1.165) is 28.7 Å². The van der Waals surface area contributed by atoms with Crippen LogP contribution in [0.15, 0.2) is 36.4 Å². The summed E-state index contributed by atoms with van der Waals surface area (Å²) in [7, 11) is 0. The fraction of sp³-hybridized carbons (Fsp3) is 0.235. The average molecular weight is 268 g/mol. The Labute approximate surface area is 117 Å². The van der Waals surface area contributed by atoms with Crippen LogP contribution in [0.5, 0.6) is 5.75 Å². The van der Waals surface area contributed by atoms with Gasteiger partial charge in [0.2, 0.25) is 0 Å². The van der Waals surface area contributed by atoms with Gasteiger partial charge in [0.05, 0.1) is 6.42 Å². The van der Waals surface area contributed by atoms with Crippen LogP contribution in [0.3, 0.4) is 0 Å². The molecule has 0 bridgehead atoms. The summed E-state index contributed by atoms with van der Waals surface area (Å²) in [6.07, 6.45) is 0.977. The molecule has 3 rings (SSSR count). The van der Waals surface area contributed by atoms with Gasteiger partial charge in [-0.3, -0.25) is 4.79 Å². The van der Waals surface area contributed by atoms with Crippen molar-refractivity contribution >= 4 is 5.97 Å². The number of aromatic hydroxyl groups is 1. The Bertz CT molecular complexity index is 689. The van der Waals surface area contributed by atoms with Gasteiger partial charge in [0.1, 0.15) is 5.75 Å². The maximum atomic E-state index is 11.2. The zero-order valence-electron chi connectivity index (χ0n) is 11.3. The molecule has 0 saturated heterocycles. The van der Waals surface area contributed by atoms with E-state index in [1.54, 1.807) is 12.1 Å². The molecule has 2 aromatic rings. The second-order valence-electron chi connectivity index (χ2n) is 5.20. The number of phenols is 1. The lowest BCUT2D eigenvalue weighted by atomic mass is 9.92. The Kier molecular flexibility index (Phi) is 2.97. The van der Waals surface area contributed by atoms with E-state index in [1.165, 1.54) is 5.56 Å². The first-order valence-electron chi connectivity index (χ1n) is 6.78. The van der Waals surface area contributed by atoms with E-state index >= 15 is 0 Å². The van der Waals surface area contributed by atoms with E-state index in [1.807, 2.05) is 6.07 Å². The zero-order chi connectivity index (χ0) is 14.3. The maximum absolute atomic E-state index is 11.2. The Morgan fingerprint density at radius 2 is 1.75 bits per heavy atom. The maximum Gasteiger partial charge on any atom is 0.304 e. The van der Waals surface area contributed by atoms with Crippen molar-refractivity contribution in [3.05, 3.63) is 53.1 Å². The number of aliphatic carboxylic acids is 1. The lowest BCUT2D eigenvalue weighted by Crippen LogP contribution is -2.05. The monoisotopic (exact) mass is 268 g/mol. The minimum absolute atomic E-state index is 0.0522. The quantitative estimate of drug-likeness (QED) is 0.895. The SMILES string of the molecule is CCc1ccc2c(c1)C(CC(=O)O)c1cc(O)ccc1-2. The van der Waals surface area contributed by atoms with Crippen LogP contribution < -0.4 is 0 Å². The Hall–Kier alpha value is -2.29. The number of aryl methyl sites for hydroxylation is 1. The lowest BCUT2D eigenvalue weighted by molar-refractivity contribution is -0.137. The number of fused-ring (bicyclic) bond motifs is 3. The third kappa shape index (κ3) is 1.95. The highest BCUT2D eigenvalue weighted by Crippen LogP contribution is 2.47. The second kappa shape index (κ2) is 4.67. The molecule has 0 amide bonds. The molecule has 0 saturated carbocycles. The van der Waals surface area contributed by atoms with Crippen LogP contribution in [0.1, 0.15) is 36.0 Å². The van der Waals surface area contributed by atoms with Gasteiger partial charge in [0.25, 0.3) is 0 Å². The van der Waals surface area contributed by atoms with Gasteiger partial charge >= 0.3 is 5.97 Å². The number of benzene rings is 2. The molecule has 1 atom stereocenters. The van der Waals surface area contributed by atoms with E-state index in [-0.39, 0.29) is 18.1 Å². The smallest absolute Gasteiger partial charge is 0.304 e. The summed E-state index contributed by atoms with van der Waals surface area (Å²) in [5.41, 5.74) is 5.30. The van der Waals surface area contributed by atoms with Crippen molar-refractivity contribution in [3.63, 3.8) is 0 Å². The van der Waals surface area contributed by atoms with Crippen LogP contribution in [0.25, 0.3) is 11.1 Å². The fourth-order valence-corrected chi connectivity index (χ4v) is 3.01. The molecule has 20 heavy (non-hydrogen) atoms. The van der Waals surface area contributed by atoms with E-state index in [2.05, 4.69) is 25.1 Å². The molecule has 0 heterocycles. The molecule has 0 fully saturated rings. The van der Waals surface area contributed by atoms with Gasteiger partial charge in [-0.1, -0.05) is 31.2 Å².